The molecular weight excluding hydrogens is 348 g/mol. The molecule has 6 rings (SSSR count). The van der Waals surface area contributed by atoms with Crippen molar-refractivity contribution in [1.29, 1.82) is 0 Å². The van der Waals surface area contributed by atoms with Crippen LogP contribution < -0.4 is 4.74 Å². The third kappa shape index (κ3) is 2.49. The van der Waals surface area contributed by atoms with E-state index in [2.05, 4.69) is 17.3 Å². The van der Waals surface area contributed by atoms with Gasteiger partial charge in [0.25, 0.3) is 11.8 Å². The van der Waals surface area contributed by atoms with Gasteiger partial charge < -0.3 is 9.84 Å². The molecule has 0 spiro atoms. The number of hydrogen-bond donors (Lipinski definition) is 1. The van der Waals surface area contributed by atoms with Gasteiger partial charge in [-0.3, -0.25) is 9.59 Å². The van der Waals surface area contributed by atoms with Crippen molar-refractivity contribution >= 4 is 24.0 Å². The number of benzene rings is 1. The number of hydrazone groups is 1. The number of imide groups is 1. The van der Waals surface area contributed by atoms with E-state index >= 15 is 0 Å². The molecule has 1 heterocycles. The van der Waals surface area contributed by atoms with Crippen LogP contribution in [0.2, 0.25) is 0 Å². The van der Waals surface area contributed by atoms with Crippen LogP contribution in [0.15, 0.2) is 41.5 Å². The predicted octanol–water partition coefficient (Wildman–Crippen LogP) is 1.54. The minimum absolute atomic E-state index is 0.187. The highest BCUT2D eigenvalue weighted by Crippen LogP contribution is 2.65. The Bertz CT molecular complexity index is 854. The van der Waals surface area contributed by atoms with Crippen molar-refractivity contribution in [2.75, 3.05) is 6.61 Å². The average Bonchev–Trinajstić information content (AvgIpc) is 3.45. The summed E-state index contributed by atoms with van der Waals surface area (Å²) in [6.07, 6.45) is 6.88. The number of nitrogens with zero attached hydrogens (tertiary/aromatic N) is 2. The van der Waals surface area contributed by atoms with Gasteiger partial charge in [-0.15, -0.1) is 0 Å². The number of hydrogen-bond acceptors (Lipinski definition) is 5. The standard InChI is InChI=1S/C20H18N2O5/c23-16(24)9-27-11-3-1-10(2-4-11)8-21-22-19(25)17-12-5-6-13(15-7-14(12)15)18(17)20(22)26/h1-6,8,12-15,17-18H,7,9H2,(H,23,24)/b21-8-/t12-,13-,14-,15+,17-,18+/m0/s1. The number of ether oxygens (including phenoxy) is 1. The van der Waals surface area contributed by atoms with Crippen LogP contribution in [0.3, 0.4) is 0 Å². The van der Waals surface area contributed by atoms with Crippen LogP contribution in [0, 0.1) is 35.5 Å². The second-order valence-corrected chi connectivity index (χ2v) is 7.64. The molecule has 2 bridgehead atoms. The highest BCUT2D eigenvalue weighted by atomic mass is 16.5. The Morgan fingerprint density at radius 2 is 1.70 bits per heavy atom. The van der Waals surface area contributed by atoms with E-state index in [9.17, 15) is 14.4 Å². The lowest BCUT2D eigenvalue weighted by molar-refractivity contribution is -0.141. The molecule has 1 aromatic rings. The lowest BCUT2D eigenvalue weighted by Gasteiger charge is -2.37. The minimum atomic E-state index is -1.05. The number of rotatable bonds is 5. The summed E-state index contributed by atoms with van der Waals surface area (Å²) in [5.74, 6) is 0.0188. The number of carboxylic acid groups (broad SMARTS) is 1. The molecule has 27 heavy (non-hydrogen) atoms. The molecule has 0 radical (unpaired) electrons. The van der Waals surface area contributed by atoms with Gasteiger partial charge in [0.2, 0.25) is 0 Å². The first-order valence-electron chi connectivity index (χ1n) is 9.09. The lowest BCUT2D eigenvalue weighted by atomic mass is 9.63. The van der Waals surface area contributed by atoms with E-state index in [0.717, 1.165) is 11.4 Å². The molecule has 2 amide bonds. The third-order valence-corrected chi connectivity index (χ3v) is 6.20. The summed E-state index contributed by atoms with van der Waals surface area (Å²) in [6, 6.07) is 6.63. The Balaban J connectivity index is 1.31. The summed E-state index contributed by atoms with van der Waals surface area (Å²) in [4.78, 5) is 36.1. The topological polar surface area (TPSA) is 96.3 Å². The van der Waals surface area contributed by atoms with E-state index < -0.39 is 12.6 Å². The average molecular weight is 366 g/mol. The number of carbonyl (C=O) groups is 3. The molecule has 7 nitrogen and oxygen atoms in total. The Morgan fingerprint density at radius 1 is 1.11 bits per heavy atom. The molecule has 7 heteroatoms. The first-order chi connectivity index (χ1) is 13.0. The van der Waals surface area contributed by atoms with Crippen molar-refractivity contribution in [3.8, 4) is 5.75 Å². The first-order valence-corrected chi connectivity index (χ1v) is 9.09. The fourth-order valence-corrected chi connectivity index (χ4v) is 4.97. The summed E-state index contributed by atoms with van der Waals surface area (Å²) in [5.41, 5.74) is 0.692. The lowest BCUT2D eigenvalue weighted by Crippen LogP contribution is -2.40. The number of carboxylic acids is 1. The Hall–Kier alpha value is -2.96. The van der Waals surface area contributed by atoms with Gasteiger partial charge in [-0.1, -0.05) is 12.2 Å². The molecule has 1 aromatic carbocycles. The fraction of sp³-hybridized carbons (Fsp3) is 0.400. The van der Waals surface area contributed by atoms with Crippen LogP contribution in [0.1, 0.15) is 12.0 Å². The summed E-state index contributed by atoms with van der Waals surface area (Å²) >= 11 is 0. The van der Waals surface area contributed by atoms with Gasteiger partial charge >= 0.3 is 5.97 Å². The number of aliphatic carboxylic acids is 1. The zero-order chi connectivity index (χ0) is 18.7. The number of amides is 2. The highest BCUT2D eigenvalue weighted by Gasteiger charge is 2.67. The van der Waals surface area contributed by atoms with Crippen molar-refractivity contribution in [3.05, 3.63) is 42.0 Å². The molecule has 5 aliphatic rings. The molecule has 2 saturated carbocycles. The molecule has 1 N–H and O–H groups in total. The predicted molar refractivity (Wildman–Crippen MR) is 93.7 cm³/mol. The molecule has 1 saturated heterocycles. The van der Waals surface area contributed by atoms with Crippen LogP contribution in [0.5, 0.6) is 5.75 Å². The molecule has 3 fully saturated rings. The van der Waals surface area contributed by atoms with E-state index in [4.69, 9.17) is 9.84 Å². The summed E-state index contributed by atoms with van der Waals surface area (Å²) in [6.45, 7) is -0.411. The van der Waals surface area contributed by atoms with Gasteiger partial charge in [-0.25, -0.2) is 4.79 Å². The summed E-state index contributed by atoms with van der Waals surface area (Å²) < 4.78 is 5.07. The van der Waals surface area contributed by atoms with Gasteiger partial charge in [0.1, 0.15) is 5.75 Å². The molecule has 6 atom stereocenters. The van der Waals surface area contributed by atoms with Gasteiger partial charge in [0, 0.05) is 0 Å². The zero-order valence-electron chi connectivity index (χ0n) is 14.4. The van der Waals surface area contributed by atoms with Crippen molar-refractivity contribution in [1.82, 2.24) is 5.01 Å². The van der Waals surface area contributed by atoms with Gasteiger partial charge in [-0.2, -0.15) is 10.1 Å². The summed E-state index contributed by atoms with van der Waals surface area (Å²) in [7, 11) is 0. The van der Waals surface area contributed by atoms with Gasteiger partial charge in [-0.05, 0) is 59.9 Å². The highest BCUT2D eigenvalue weighted by molar-refractivity contribution is 6.06. The second kappa shape index (κ2) is 5.77. The minimum Gasteiger partial charge on any atom is -0.482 e. The number of carbonyl (C=O) groups excluding carboxylic acids is 2. The van der Waals surface area contributed by atoms with Crippen LogP contribution in [0.25, 0.3) is 0 Å². The monoisotopic (exact) mass is 366 g/mol. The van der Waals surface area contributed by atoms with Gasteiger partial charge in [0.05, 0.1) is 18.1 Å². The quantitative estimate of drug-likeness (QED) is 0.484. The molecule has 4 aliphatic carbocycles. The van der Waals surface area contributed by atoms with E-state index in [1.165, 1.54) is 6.21 Å². The van der Waals surface area contributed by atoms with Crippen LogP contribution in [-0.4, -0.2) is 40.7 Å². The van der Waals surface area contributed by atoms with Crippen molar-refractivity contribution in [2.45, 2.75) is 6.42 Å². The first kappa shape index (κ1) is 16.2. The largest absolute Gasteiger partial charge is 0.482 e. The molecule has 1 aliphatic heterocycles. The van der Waals surface area contributed by atoms with Crippen molar-refractivity contribution < 1.29 is 24.2 Å². The Labute approximate surface area is 155 Å². The summed E-state index contributed by atoms with van der Waals surface area (Å²) in [5, 5.41) is 13.8. The maximum atomic E-state index is 12.8. The normalized spacial score (nSPS) is 35.5. The third-order valence-electron chi connectivity index (χ3n) is 6.20. The smallest absolute Gasteiger partial charge is 0.341 e. The maximum absolute atomic E-state index is 12.8. The van der Waals surface area contributed by atoms with Crippen LogP contribution in [-0.2, 0) is 14.4 Å². The molecule has 138 valence electrons. The van der Waals surface area contributed by atoms with Gasteiger partial charge in [0.15, 0.2) is 6.61 Å². The Morgan fingerprint density at radius 3 is 2.26 bits per heavy atom. The van der Waals surface area contributed by atoms with Crippen LogP contribution >= 0.6 is 0 Å². The Kier molecular flexibility index (Phi) is 3.47. The van der Waals surface area contributed by atoms with Crippen molar-refractivity contribution in [3.63, 3.8) is 0 Å². The molecule has 0 aromatic heterocycles. The molecular formula is C20H18N2O5. The van der Waals surface area contributed by atoms with E-state index in [1.807, 2.05) is 0 Å². The van der Waals surface area contributed by atoms with E-state index in [1.54, 1.807) is 24.3 Å². The van der Waals surface area contributed by atoms with Crippen molar-refractivity contribution in [2.24, 2.45) is 40.6 Å². The van der Waals surface area contributed by atoms with E-state index in [0.29, 0.717) is 23.1 Å². The maximum Gasteiger partial charge on any atom is 0.341 e. The second-order valence-electron chi connectivity index (χ2n) is 7.64. The zero-order valence-corrected chi connectivity index (χ0v) is 14.4. The van der Waals surface area contributed by atoms with E-state index in [-0.39, 0.29) is 35.5 Å². The SMILES string of the molecule is O=C(O)COc1ccc(/C=N\N2C(=O)[C@@H]3[C@H]4C=C[C@@H]([C@@H]5C[C@H]45)[C@@H]3C2=O)cc1. The molecule has 0 unspecified atom stereocenters. The van der Waals surface area contributed by atoms with Crippen LogP contribution in [0.4, 0.5) is 0 Å². The number of allylic oxidation sites excluding steroid dienone is 2. The fourth-order valence-electron chi connectivity index (χ4n) is 4.97.